The number of amides is 3. The molecule has 1 unspecified atom stereocenters. The zero-order valence-electron chi connectivity index (χ0n) is 21.8. The van der Waals surface area contributed by atoms with Crippen LogP contribution in [0.1, 0.15) is 29.2 Å². The van der Waals surface area contributed by atoms with E-state index in [9.17, 15) is 14.4 Å². The van der Waals surface area contributed by atoms with Crippen LogP contribution in [-0.2, 0) is 40.3 Å². The van der Waals surface area contributed by atoms with E-state index in [-0.39, 0.29) is 17.7 Å². The Balaban J connectivity index is 1.24. The SMILES string of the molecule is CC(=O)NC(Cc1c[nH]c2ccccc12)C(=O)Nc1ccc2c(c1)CN(C(=O)[C@H](N)Cc1ccc(Cl)cc1Cl)C2. The van der Waals surface area contributed by atoms with Crippen molar-refractivity contribution in [2.45, 2.75) is 44.9 Å². The fraction of sp³-hybridized carbons (Fsp3) is 0.233. The van der Waals surface area contributed by atoms with Crippen LogP contribution in [0.3, 0.4) is 0 Å². The summed E-state index contributed by atoms with van der Waals surface area (Å²) in [5, 5.41) is 7.70. The number of fused-ring (bicyclic) bond motifs is 2. The number of anilines is 1. The largest absolute Gasteiger partial charge is 0.361 e. The predicted octanol–water partition coefficient (Wildman–Crippen LogP) is 4.57. The Morgan fingerprint density at radius 2 is 1.75 bits per heavy atom. The first-order valence-electron chi connectivity index (χ1n) is 12.9. The lowest BCUT2D eigenvalue weighted by molar-refractivity contribution is -0.133. The maximum Gasteiger partial charge on any atom is 0.247 e. The van der Waals surface area contributed by atoms with E-state index >= 15 is 0 Å². The van der Waals surface area contributed by atoms with Crippen LogP contribution in [0.15, 0.2) is 66.9 Å². The quantitative estimate of drug-likeness (QED) is 0.245. The van der Waals surface area contributed by atoms with Crippen molar-refractivity contribution in [2.75, 3.05) is 5.32 Å². The van der Waals surface area contributed by atoms with Gasteiger partial charge in [0.05, 0.1) is 6.04 Å². The summed E-state index contributed by atoms with van der Waals surface area (Å²) < 4.78 is 0. The number of halogens is 2. The highest BCUT2D eigenvalue weighted by Crippen LogP contribution is 2.28. The molecule has 0 radical (unpaired) electrons. The molecule has 3 aromatic carbocycles. The number of hydrogen-bond donors (Lipinski definition) is 4. The van der Waals surface area contributed by atoms with E-state index in [2.05, 4.69) is 15.6 Å². The van der Waals surface area contributed by atoms with E-state index in [1.54, 1.807) is 29.2 Å². The van der Waals surface area contributed by atoms with Gasteiger partial charge in [0.25, 0.3) is 0 Å². The lowest BCUT2D eigenvalue weighted by Crippen LogP contribution is -2.44. The number of aromatic amines is 1. The maximum atomic E-state index is 13.3. The number of benzene rings is 3. The standard InChI is InChI=1S/C30H29Cl2N5O3/c1-17(38)35-28(12-20-14-34-27-5-3-2-4-24(20)27)29(39)36-23-9-7-19-15-37(16-21(19)10-23)30(40)26(33)11-18-6-8-22(31)13-25(18)32/h2-10,13-14,26,28,34H,11-12,15-16,33H2,1H3,(H,35,38)(H,36,39)/t26-,28?/m1/s1. The van der Waals surface area contributed by atoms with Crippen molar-refractivity contribution in [1.29, 1.82) is 0 Å². The lowest BCUT2D eigenvalue weighted by Gasteiger charge is -2.20. The number of carbonyl (C=O) groups is 3. The molecule has 5 N–H and O–H groups in total. The Labute approximate surface area is 241 Å². The number of nitrogens with zero attached hydrogens (tertiary/aromatic N) is 1. The van der Waals surface area contributed by atoms with Crippen molar-refractivity contribution >= 4 is 57.5 Å². The molecule has 10 heteroatoms. The number of aromatic nitrogens is 1. The average Bonchev–Trinajstić information content (AvgIpc) is 3.53. The predicted molar refractivity (Wildman–Crippen MR) is 157 cm³/mol. The minimum Gasteiger partial charge on any atom is -0.361 e. The van der Waals surface area contributed by atoms with Crippen molar-refractivity contribution < 1.29 is 14.4 Å². The number of nitrogens with two attached hydrogens (primary N) is 1. The fourth-order valence-electron chi connectivity index (χ4n) is 5.08. The van der Waals surface area contributed by atoms with Crippen molar-refractivity contribution in [2.24, 2.45) is 5.73 Å². The Hall–Kier alpha value is -3.85. The van der Waals surface area contributed by atoms with Gasteiger partial charge in [-0.3, -0.25) is 14.4 Å². The molecule has 206 valence electrons. The Kier molecular flexibility index (Phi) is 8.12. The third kappa shape index (κ3) is 6.14. The molecule has 1 aromatic heterocycles. The monoisotopic (exact) mass is 577 g/mol. The third-order valence-electron chi connectivity index (χ3n) is 7.07. The molecule has 1 aliphatic heterocycles. The van der Waals surface area contributed by atoms with Gasteiger partial charge in [0.2, 0.25) is 17.7 Å². The van der Waals surface area contributed by atoms with Gasteiger partial charge in [0.1, 0.15) is 6.04 Å². The van der Waals surface area contributed by atoms with Crippen LogP contribution in [0, 0.1) is 0 Å². The number of nitrogens with one attached hydrogen (secondary N) is 3. The lowest BCUT2D eigenvalue weighted by atomic mass is 10.0. The second-order valence-corrected chi connectivity index (χ2v) is 10.9. The highest BCUT2D eigenvalue weighted by Gasteiger charge is 2.28. The summed E-state index contributed by atoms with van der Waals surface area (Å²) in [6, 6.07) is 17.0. The summed E-state index contributed by atoms with van der Waals surface area (Å²) in [4.78, 5) is 43.2. The van der Waals surface area contributed by atoms with E-state index < -0.39 is 12.1 Å². The van der Waals surface area contributed by atoms with Crippen LogP contribution in [-0.4, -0.2) is 39.7 Å². The molecule has 2 atom stereocenters. The fourth-order valence-corrected chi connectivity index (χ4v) is 5.56. The van der Waals surface area contributed by atoms with Gasteiger partial charge in [-0.2, -0.15) is 0 Å². The van der Waals surface area contributed by atoms with Crippen LogP contribution < -0.4 is 16.4 Å². The van der Waals surface area contributed by atoms with Crippen molar-refractivity contribution in [3.8, 4) is 0 Å². The first-order chi connectivity index (χ1) is 19.2. The van der Waals surface area contributed by atoms with Crippen LogP contribution in [0.25, 0.3) is 10.9 Å². The van der Waals surface area contributed by atoms with E-state index in [1.165, 1.54) is 6.92 Å². The number of para-hydroxylation sites is 1. The van der Waals surface area contributed by atoms with Crippen molar-refractivity contribution in [3.63, 3.8) is 0 Å². The summed E-state index contributed by atoms with van der Waals surface area (Å²) in [6.45, 7) is 2.20. The van der Waals surface area contributed by atoms with E-state index in [0.29, 0.717) is 41.7 Å². The molecule has 0 spiro atoms. The second-order valence-electron chi connectivity index (χ2n) is 10.0. The normalized spacial score (nSPS) is 14.1. The Bertz CT molecular complexity index is 1600. The summed E-state index contributed by atoms with van der Waals surface area (Å²) in [6.07, 6.45) is 2.49. The van der Waals surface area contributed by atoms with E-state index in [0.717, 1.165) is 33.2 Å². The van der Waals surface area contributed by atoms with E-state index in [1.807, 2.05) is 42.6 Å². The van der Waals surface area contributed by atoms with Gasteiger partial charge in [-0.05, 0) is 59.0 Å². The number of carbonyl (C=O) groups excluding carboxylic acids is 3. The summed E-state index contributed by atoms with van der Waals surface area (Å²) in [5.74, 6) is -0.801. The molecule has 1 aliphatic rings. The van der Waals surface area contributed by atoms with Crippen LogP contribution >= 0.6 is 23.2 Å². The molecule has 40 heavy (non-hydrogen) atoms. The molecule has 3 amide bonds. The van der Waals surface area contributed by atoms with Gasteiger partial charge in [0, 0.05) is 59.3 Å². The number of H-pyrrole nitrogens is 1. The molecular weight excluding hydrogens is 549 g/mol. The molecule has 0 fully saturated rings. The molecule has 4 aromatic rings. The van der Waals surface area contributed by atoms with Gasteiger partial charge >= 0.3 is 0 Å². The van der Waals surface area contributed by atoms with Gasteiger partial charge in [-0.15, -0.1) is 0 Å². The zero-order chi connectivity index (χ0) is 28.4. The minimum atomic E-state index is -0.763. The molecule has 2 heterocycles. The van der Waals surface area contributed by atoms with Crippen LogP contribution in [0.2, 0.25) is 10.0 Å². The first kappa shape index (κ1) is 27.7. The molecule has 0 saturated carbocycles. The molecule has 0 saturated heterocycles. The van der Waals surface area contributed by atoms with Gasteiger partial charge in [-0.25, -0.2) is 0 Å². The highest BCUT2D eigenvalue weighted by molar-refractivity contribution is 6.35. The molecule has 0 aliphatic carbocycles. The first-order valence-corrected chi connectivity index (χ1v) is 13.7. The smallest absolute Gasteiger partial charge is 0.247 e. The van der Waals surface area contributed by atoms with Gasteiger partial charge in [-0.1, -0.05) is 53.5 Å². The highest BCUT2D eigenvalue weighted by atomic mass is 35.5. The average molecular weight is 579 g/mol. The molecule has 8 nitrogen and oxygen atoms in total. The van der Waals surface area contributed by atoms with Crippen LogP contribution in [0.4, 0.5) is 5.69 Å². The molecule has 5 rings (SSSR count). The summed E-state index contributed by atoms with van der Waals surface area (Å²) in [5.41, 5.74) is 11.4. The topological polar surface area (TPSA) is 120 Å². The van der Waals surface area contributed by atoms with Gasteiger partial charge in [0.15, 0.2) is 0 Å². The van der Waals surface area contributed by atoms with Crippen molar-refractivity contribution in [3.05, 3.63) is 99.2 Å². The summed E-state index contributed by atoms with van der Waals surface area (Å²) in [7, 11) is 0. The van der Waals surface area contributed by atoms with Gasteiger partial charge < -0.3 is 26.3 Å². The molecular formula is C30H29Cl2N5O3. The zero-order valence-corrected chi connectivity index (χ0v) is 23.4. The maximum absolute atomic E-state index is 13.3. The number of rotatable bonds is 8. The Morgan fingerprint density at radius 1 is 0.975 bits per heavy atom. The minimum absolute atomic E-state index is 0.183. The van der Waals surface area contributed by atoms with Crippen molar-refractivity contribution in [1.82, 2.24) is 15.2 Å². The van der Waals surface area contributed by atoms with E-state index in [4.69, 9.17) is 28.9 Å². The third-order valence-corrected chi connectivity index (χ3v) is 7.66. The number of hydrogen-bond acceptors (Lipinski definition) is 4. The summed E-state index contributed by atoms with van der Waals surface area (Å²) >= 11 is 12.2. The molecule has 0 bridgehead atoms. The second kappa shape index (κ2) is 11.7. The Morgan fingerprint density at radius 3 is 2.52 bits per heavy atom. The van der Waals surface area contributed by atoms with Crippen LogP contribution in [0.5, 0.6) is 0 Å².